The van der Waals surface area contributed by atoms with Crippen LogP contribution in [0.2, 0.25) is 0 Å². The highest BCUT2D eigenvalue weighted by Crippen LogP contribution is 2.16. The average molecular weight is 228 g/mol. The van der Waals surface area contributed by atoms with Crippen molar-refractivity contribution in [3.05, 3.63) is 0 Å². The molecule has 0 aliphatic carbocycles. The Kier molecular flexibility index (Phi) is 5.25. The maximum Gasteiger partial charge on any atom is 0.248 e. The highest BCUT2D eigenvalue weighted by atomic mass is 16.5. The highest BCUT2D eigenvalue weighted by molar-refractivity contribution is 5.81. The van der Waals surface area contributed by atoms with Gasteiger partial charge < -0.3 is 15.0 Å². The first-order valence-corrected chi connectivity index (χ1v) is 5.73. The number of ether oxygens (including phenoxy) is 1. The van der Waals surface area contributed by atoms with E-state index < -0.39 is 0 Å². The van der Waals surface area contributed by atoms with Gasteiger partial charge in [0.2, 0.25) is 11.8 Å². The number of piperidine rings is 1. The van der Waals surface area contributed by atoms with E-state index in [1.165, 1.54) is 7.11 Å². The molecule has 1 fully saturated rings. The Morgan fingerprint density at radius 2 is 2.25 bits per heavy atom. The minimum Gasteiger partial charge on any atom is -0.375 e. The summed E-state index contributed by atoms with van der Waals surface area (Å²) in [5.74, 6) is -0.0385. The van der Waals surface area contributed by atoms with E-state index in [1.807, 2.05) is 6.92 Å². The molecular weight excluding hydrogens is 208 g/mol. The number of hydrogen-bond acceptors (Lipinski definition) is 3. The summed E-state index contributed by atoms with van der Waals surface area (Å²) in [5, 5.41) is 2.80. The van der Waals surface area contributed by atoms with E-state index in [4.69, 9.17) is 4.74 Å². The van der Waals surface area contributed by atoms with Crippen LogP contribution < -0.4 is 5.32 Å². The maximum absolute atomic E-state index is 11.6. The van der Waals surface area contributed by atoms with E-state index in [0.717, 1.165) is 19.4 Å². The van der Waals surface area contributed by atoms with E-state index in [9.17, 15) is 9.59 Å². The number of nitrogens with one attached hydrogen (secondary N) is 1. The van der Waals surface area contributed by atoms with E-state index in [0.29, 0.717) is 13.1 Å². The van der Waals surface area contributed by atoms with Gasteiger partial charge in [-0.3, -0.25) is 9.59 Å². The zero-order valence-corrected chi connectivity index (χ0v) is 9.99. The van der Waals surface area contributed by atoms with Crippen LogP contribution in [0.25, 0.3) is 0 Å². The molecular formula is C11H20N2O3. The number of nitrogens with zero attached hydrogens (tertiary/aromatic N) is 1. The quantitative estimate of drug-likeness (QED) is 0.737. The topological polar surface area (TPSA) is 58.6 Å². The monoisotopic (exact) mass is 228 g/mol. The minimum atomic E-state index is -0.0606. The Morgan fingerprint density at radius 1 is 1.50 bits per heavy atom. The van der Waals surface area contributed by atoms with Gasteiger partial charge in [0.1, 0.15) is 6.61 Å². The fourth-order valence-corrected chi connectivity index (χ4v) is 1.95. The highest BCUT2D eigenvalue weighted by Gasteiger charge is 2.27. The lowest BCUT2D eigenvalue weighted by atomic mass is 9.97. The molecule has 1 rings (SSSR count). The lowest BCUT2D eigenvalue weighted by Gasteiger charge is -2.31. The van der Waals surface area contributed by atoms with Crippen molar-refractivity contribution in [1.82, 2.24) is 10.2 Å². The Hall–Kier alpha value is -1.10. The minimum absolute atomic E-state index is 0.0310. The van der Waals surface area contributed by atoms with Crippen LogP contribution in [0.5, 0.6) is 0 Å². The molecule has 1 atom stereocenters. The fraction of sp³-hybridized carbons (Fsp3) is 0.818. The smallest absolute Gasteiger partial charge is 0.248 e. The number of methoxy groups -OCH3 is 1. The summed E-state index contributed by atoms with van der Waals surface area (Å²) < 4.78 is 4.81. The van der Waals surface area contributed by atoms with Crippen LogP contribution in [0.1, 0.15) is 19.8 Å². The largest absolute Gasteiger partial charge is 0.375 e. The zero-order chi connectivity index (χ0) is 12.0. The van der Waals surface area contributed by atoms with Crippen molar-refractivity contribution >= 4 is 11.8 Å². The van der Waals surface area contributed by atoms with Gasteiger partial charge in [0.25, 0.3) is 0 Å². The number of amides is 2. The zero-order valence-electron chi connectivity index (χ0n) is 9.99. The number of likely N-dealkylation sites (tertiary alicyclic amines) is 1. The molecule has 5 heteroatoms. The van der Waals surface area contributed by atoms with Crippen molar-refractivity contribution in [3.8, 4) is 0 Å². The molecule has 1 saturated heterocycles. The molecule has 1 unspecified atom stereocenters. The van der Waals surface area contributed by atoms with Crippen molar-refractivity contribution in [2.75, 3.05) is 33.4 Å². The molecule has 5 nitrogen and oxygen atoms in total. The Bertz CT molecular complexity index is 232. The summed E-state index contributed by atoms with van der Waals surface area (Å²) in [4.78, 5) is 25.0. The first-order chi connectivity index (χ1) is 7.69. The lowest BCUT2D eigenvalue weighted by molar-refractivity contribution is -0.138. The van der Waals surface area contributed by atoms with Crippen molar-refractivity contribution in [3.63, 3.8) is 0 Å². The van der Waals surface area contributed by atoms with E-state index in [2.05, 4.69) is 5.32 Å². The normalized spacial score (nSPS) is 20.6. The van der Waals surface area contributed by atoms with Crippen LogP contribution in [0.4, 0.5) is 0 Å². The van der Waals surface area contributed by atoms with Crippen LogP contribution in [0.15, 0.2) is 0 Å². The van der Waals surface area contributed by atoms with E-state index >= 15 is 0 Å². The van der Waals surface area contributed by atoms with Crippen molar-refractivity contribution in [2.24, 2.45) is 5.92 Å². The SMILES string of the molecule is CCNC(=O)C1CCCN(C(=O)COC)C1. The molecule has 1 N–H and O–H groups in total. The second kappa shape index (κ2) is 6.48. The van der Waals surface area contributed by atoms with Crippen LogP contribution >= 0.6 is 0 Å². The molecule has 1 aliphatic rings. The van der Waals surface area contributed by atoms with Crippen molar-refractivity contribution < 1.29 is 14.3 Å². The third-order valence-corrected chi connectivity index (χ3v) is 2.76. The summed E-state index contributed by atoms with van der Waals surface area (Å²) in [6.07, 6.45) is 1.75. The molecule has 0 aromatic rings. The van der Waals surface area contributed by atoms with Crippen LogP contribution in [-0.4, -0.2) is 50.1 Å². The van der Waals surface area contributed by atoms with Gasteiger partial charge in [-0.15, -0.1) is 0 Å². The van der Waals surface area contributed by atoms with Crippen molar-refractivity contribution in [2.45, 2.75) is 19.8 Å². The van der Waals surface area contributed by atoms with Gasteiger partial charge in [0.15, 0.2) is 0 Å². The van der Waals surface area contributed by atoms with Gasteiger partial charge in [-0.1, -0.05) is 0 Å². The first-order valence-electron chi connectivity index (χ1n) is 5.73. The van der Waals surface area contributed by atoms with Gasteiger partial charge in [0, 0.05) is 26.7 Å². The molecule has 1 aliphatic heterocycles. The van der Waals surface area contributed by atoms with Crippen LogP contribution in [-0.2, 0) is 14.3 Å². The summed E-state index contributed by atoms with van der Waals surface area (Å²) in [6.45, 7) is 3.89. The van der Waals surface area contributed by atoms with Gasteiger partial charge in [-0.25, -0.2) is 0 Å². The standard InChI is InChI=1S/C11H20N2O3/c1-3-12-11(15)9-5-4-6-13(7-9)10(14)8-16-2/h9H,3-8H2,1-2H3,(H,12,15). The van der Waals surface area contributed by atoms with Crippen molar-refractivity contribution in [1.29, 1.82) is 0 Å². The fourth-order valence-electron chi connectivity index (χ4n) is 1.95. The second-order valence-electron chi connectivity index (χ2n) is 4.01. The van der Waals surface area contributed by atoms with E-state index in [-0.39, 0.29) is 24.3 Å². The van der Waals surface area contributed by atoms with Gasteiger partial charge in [-0.2, -0.15) is 0 Å². The van der Waals surface area contributed by atoms with Gasteiger partial charge >= 0.3 is 0 Å². The number of hydrogen-bond donors (Lipinski definition) is 1. The maximum atomic E-state index is 11.6. The van der Waals surface area contributed by atoms with Crippen LogP contribution in [0, 0.1) is 5.92 Å². The Labute approximate surface area is 96.1 Å². The number of carbonyl (C=O) groups is 2. The Morgan fingerprint density at radius 3 is 2.88 bits per heavy atom. The lowest BCUT2D eigenvalue weighted by Crippen LogP contribution is -2.46. The average Bonchev–Trinajstić information content (AvgIpc) is 2.30. The van der Waals surface area contributed by atoms with E-state index in [1.54, 1.807) is 4.90 Å². The van der Waals surface area contributed by atoms with Gasteiger partial charge in [0.05, 0.1) is 5.92 Å². The molecule has 2 amide bonds. The summed E-state index contributed by atoms with van der Waals surface area (Å²) >= 11 is 0. The molecule has 0 saturated carbocycles. The van der Waals surface area contributed by atoms with Gasteiger partial charge in [-0.05, 0) is 19.8 Å². The summed E-state index contributed by atoms with van der Waals surface area (Å²) in [7, 11) is 1.50. The summed E-state index contributed by atoms with van der Waals surface area (Å²) in [5.41, 5.74) is 0. The predicted molar refractivity (Wildman–Crippen MR) is 59.9 cm³/mol. The Balaban J connectivity index is 2.46. The molecule has 92 valence electrons. The molecule has 0 radical (unpaired) electrons. The number of rotatable bonds is 4. The molecule has 0 aromatic carbocycles. The summed E-state index contributed by atoms with van der Waals surface area (Å²) in [6, 6.07) is 0. The molecule has 0 spiro atoms. The molecule has 0 bridgehead atoms. The molecule has 0 aromatic heterocycles. The molecule has 1 heterocycles. The predicted octanol–water partition coefficient (Wildman–Crippen LogP) is 0.00750. The first kappa shape index (κ1) is 13.0. The third kappa shape index (κ3) is 3.48. The third-order valence-electron chi connectivity index (χ3n) is 2.76. The second-order valence-corrected chi connectivity index (χ2v) is 4.01. The number of carbonyl (C=O) groups excluding carboxylic acids is 2. The molecule has 16 heavy (non-hydrogen) atoms. The van der Waals surface area contributed by atoms with Crippen LogP contribution in [0.3, 0.4) is 0 Å².